The fourth-order valence-corrected chi connectivity index (χ4v) is 1.58. The van der Waals surface area contributed by atoms with Crippen LogP contribution in [-0.2, 0) is 11.3 Å². The van der Waals surface area contributed by atoms with Gasteiger partial charge in [-0.25, -0.2) is 4.79 Å². The van der Waals surface area contributed by atoms with E-state index >= 15 is 0 Å². The molecule has 0 unspecified atom stereocenters. The lowest BCUT2D eigenvalue weighted by molar-refractivity contribution is -0.192. The molecule has 1 heterocycles. The smallest absolute Gasteiger partial charge is 0.475 e. The Morgan fingerprint density at radius 1 is 1.11 bits per heavy atom. The molecule has 6 N–H and O–H groups in total. The highest BCUT2D eigenvalue weighted by atomic mass is 19.4. The Bertz CT molecular complexity index is 834. The number of carboxylic acids is 1. The molecule has 0 spiro atoms. The maximum atomic E-state index is 12.0. The lowest BCUT2D eigenvalue weighted by Crippen LogP contribution is -2.21. The van der Waals surface area contributed by atoms with Crippen LogP contribution >= 0.6 is 0 Å². The molecular formula is C17H16F3N3O4. The summed E-state index contributed by atoms with van der Waals surface area (Å²) in [5.41, 5.74) is 12.5. The van der Waals surface area contributed by atoms with Gasteiger partial charge in [-0.1, -0.05) is 18.1 Å². The molecule has 0 aliphatic carbocycles. The number of aliphatic carboxylic acids is 1. The number of carboxylic acid groups (broad SMARTS) is 1. The molecule has 0 fully saturated rings. The van der Waals surface area contributed by atoms with E-state index in [0.29, 0.717) is 18.0 Å². The second-order valence-electron chi connectivity index (χ2n) is 4.83. The third-order valence-corrected chi connectivity index (χ3v) is 2.83. The zero-order valence-corrected chi connectivity index (χ0v) is 13.8. The first-order chi connectivity index (χ1) is 12.7. The number of amides is 1. The quantitative estimate of drug-likeness (QED) is 0.599. The van der Waals surface area contributed by atoms with Crippen molar-refractivity contribution in [2.75, 3.05) is 11.9 Å². The van der Waals surface area contributed by atoms with Gasteiger partial charge in [-0.05, 0) is 35.7 Å². The van der Waals surface area contributed by atoms with Gasteiger partial charge in [0.05, 0.1) is 6.54 Å². The number of hydrogen-bond donors (Lipinski definition) is 4. The molecule has 1 aromatic heterocycles. The fraction of sp³-hybridized carbons (Fsp3) is 0.176. The maximum Gasteiger partial charge on any atom is 0.490 e. The van der Waals surface area contributed by atoms with Gasteiger partial charge in [0.1, 0.15) is 0 Å². The van der Waals surface area contributed by atoms with Crippen LogP contribution < -0.4 is 16.8 Å². The number of anilines is 1. The van der Waals surface area contributed by atoms with E-state index < -0.39 is 12.1 Å². The highest BCUT2D eigenvalue weighted by Gasteiger charge is 2.38. The molecule has 0 aliphatic rings. The number of furan rings is 1. The molecule has 0 saturated heterocycles. The number of alkyl halides is 3. The average molecular weight is 383 g/mol. The van der Waals surface area contributed by atoms with Crippen molar-refractivity contribution in [3.8, 4) is 11.8 Å². The predicted octanol–water partition coefficient (Wildman–Crippen LogP) is 1.93. The van der Waals surface area contributed by atoms with Crippen molar-refractivity contribution in [3.05, 3.63) is 53.5 Å². The van der Waals surface area contributed by atoms with Crippen molar-refractivity contribution < 1.29 is 32.3 Å². The Hall–Kier alpha value is -3.29. The normalized spacial score (nSPS) is 10.1. The highest BCUT2D eigenvalue weighted by Crippen LogP contribution is 2.13. The van der Waals surface area contributed by atoms with Crippen molar-refractivity contribution >= 4 is 17.6 Å². The van der Waals surface area contributed by atoms with E-state index in [9.17, 15) is 18.0 Å². The van der Waals surface area contributed by atoms with E-state index in [0.717, 1.165) is 5.56 Å². The summed E-state index contributed by atoms with van der Waals surface area (Å²) in [7, 11) is 0. The van der Waals surface area contributed by atoms with Crippen LogP contribution in [0, 0.1) is 11.8 Å². The van der Waals surface area contributed by atoms with Crippen LogP contribution in [-0.4, -0.2) is 29.7 Å². The van der Waals surface area contributed by atoms with E-state index in [1.165, 1.54) is 0 Å². The number of rotatable bonds is 3. The predicted molar refractivity (Wildman–Crippen MR) is 90.6 cm³/mol. The molecule has 1 aromatic carbocycles. The third kappa shape index (κ3) is 7.64. The van der Waals surface area contributed by atoms with Crippen LogP contribution in [0.15, 0.2) is 40.8 Å². The summed E-state index contributed by atoms with van der Waals surface area (Å²) < 4.78 is 37.0. The van der Waals surface area contributed by atoms with Gasteiger partial charge in [0, 0.05) is 12.2 Å². The van der Waals surface area contributed by atoms with Gasteiger partial charge in [-0.3, -0.25) is 4.79 Å². The number of hydrogen-bond acceptors (Lipinski definition) is 5. The molecule has 0 atom stereocenters. The molecule has 144 valence electrons. The van der Waals surface area contributed by atoms with Crippen molar-refractivity contribution in [1.82, 2.24) is 0 Å². The Balaban J connectivity index is 0.000000445. The molecule has 1 amide bonds. The van der Waals surface area contributed by atoms with Gasteiger partial charge in [-0.2, -0.15) is 13.2 Å². The summed E-state index contributed by atoms with van der Waals surface area (Å²) in [5, 5.41) is 9.86. The Kier molecular flexibility index (Phi) is 8.06. The molecule has 2 aromatic rings. The zero-order valence-electron chi connectivity index (χ0n) is 13.8. The summed E-state index contributed by atoms with van der Waals surface area (Å²) in [6.45, 7) is 0.714. The average Bonchev–Trinajstić information content (AvgIpc) is 3.09. The molecule has 7 nitrogen and oxygen atoms in total. The number of nitrogens with two attached hydrogens (primary N) is 2. The first kappa shape index (κ1) is 21.8. The van der Waals surface area contributed by atoms with Crippen LogP contribution in [0.1, 0.15) is 21.9 Å². The van der Waals surface area contributed by atoms with E-state index in [4.69, 9.17) is 25.8 Å². The highest BCUT2D eigenvalue weighted by molar-refractivity contribution is 6.02. The minimum absolute atomic E-state index is 0.203. The van der Waals surface area contributed by atoms with E-state index in [1.54, 1.807) is 24.3 Å². The minimum Gasteiger partial charge on any atom is -0.475 e. The lowest BCUT2D eigenvalue weighted by Gasteiger charge is -2.03. The van der Waals surface area contributed by atoms with E-state index in [2.05, 4.69) is 17.2 Å². The van der Waals surface area contributed by atoms with Gasteiger partial charge >= 0.3 is 12.1 Å². The second-order valence-corrected chi connectivity index (χ2v) is 4.83. The number of halogens is 3. The van der Waals surface area contributed by atoms with E-state index in [-0.39, 0.29) is 18.2 Å². The van der Waals surface area contributed by atoms with Crippen molar-refractivity contribution in [2.24, 2.45) is 11.5 Å². The van der Waals surface area contributed by atoms with Crippen LogP contribution in [0.3, 0.4) is 0 Å². The summed E-state index contributed by atoms with van der Waals surface area (Å²) in [4.78, 5) is 20.8. The minimum atomic E-state index is -5.08. The number of carbonyl (C=O) groups excluding carboxylic acids is 1. The molecular weight excluding hydrogens is 367 g/mol. The van der Waals surface area contributed by atoms with Crippen LogP contribution in [0.5, 0.6) is 0 Å². The Morgan fingerprint density at radius 3 is 2.19 bits per heavy atom. The van der Waals surface area contributed by atoms with Crippen LogP contribution in [0.25, 0.3) is 0 Å². The molecule has 0 saturated carbocycles. The Morgan fingerprint density at radius 2 is 1.70 bits per heavy atom. The second kappa shape index (κ2) is 10.0. The standard InChI is InChI=1S/C15H15N3O2.C2HF3O2/c16-9-1-2-13-7-8-14(20-13)15(19)18-12-5-3-11(10-17)4-6-12;3-2(4,5)1(6)7/h3-8H,9-10,16-17H2,(H,18,19);(H,6,7). The molecule has 27 heavy (non-hydrogen) atoms. The summed E-state index contributed by atoms with van der Waals surface area (Å²) in [6.07, 6.45) is -5.08. The van der Waals surface area contributed by atoms with Gasteiger partial charge in [0.2, 0.25) is 0 Å². The fourth-order valence-electron chi connectivity index (χ4n) is 1.58. The van der Waals surface area contributed by atoms with Crippen LogP contribution in [0.4, 0.5) is 18.9 Å². The first-order valence-electron chi connectivity index (χ1n) is 7.36. The van der Waals surface area contributed by atoms with Crippen molar-refractivity contribution in [3.63, 3.8) is 0 Å². The number of benzene rings is 1. The summed E-state index contributed by atoms with van der Waals surface area (Å²) >= 11 is 0. The summed E-state index contributed by atoms with van der Waals surface area (Å²) in [5.74, 6) is 2.92. The third-order valence-electron chi connectivity index (χ3n) is 2.83. The number of nitrogens with one attached hydrogen (secondary N) is 1. The van der Waals surface area contributed by atoms with Crippen molar-refractivity contribution in [2.45, 2.75) is 12.7 Å². The van der Waals surface area contributed by atoms with Gasteiger partial charge in [-0.15, -0.1) is 0 Å². The van der Waals surface area contributed by atoms with Crippen LogP contribution in [0.2, 0.25) is 0 Å². The molecule has 0 radical (unpaired) electrons. The van der Waals surface area contributed by atoms with Crippen molar-refractivity contribution in [1.29, 1.82) is 0 Å². The molecule has 10 heteroatoms. The lowest BCUT2D eigenvalue weighted by atomic mass is 10.2. The van der Waals surface area contributed by atoms with Gasteiger partial charge in [0.25, 0.3) is 5.91 Å². The monoisotopic (exact) mass is 383 g/mol. The SMILES string of the molecule is NCC#Cc1ccc(C(=O)Nc2ccc(CN)cc2)o1.O=C(O)C(F)(F)F. The zero-order chi connectivity index (χ0) is 20.4. The molecule has 0 bridgehead atoms. The Labute approximate surface area is 152 Å². The topological polar surface area (TPSA) is 132 Å². The molecule has 2 rings (SSSR count). The summed E-state index contributed by atoms with van der Waals surface area (Å²) in [6, 6.07) is 10.5. The number of carbonyl (C=O) groups is 2. The first-order valence-corrected chi connectivity index (χ1v) is 7.36. The largest absolute Gasteiger partial charge is 0.490 e. The molecule has 0 aliphatic heterocycles. The van der Waals surface area contributed by atoms with Gasteiger partial charge < -0.3 is 26.3 Å². The van der Waals surface area contributed by atoms with Gasteiger partial charge in [0.15, 0.2) is 11.5 Å². The maximum absolute atomic E-state index is 12.0. The van der Waals surface area contributed by atoms with E-state index in [1.807, 2.05) is 12.1 Å².